The van der Waals surface area contributed by atoms with Crippen molar-refractivity contribution in [1.29, 1.82) is 0 Å². The molecule has 0 rings (SSSR count). The van der Waals surface area contributed by atoms with Gasteiger partial charge in [0.25, 0.3) is 5.91 Å². The molecule has 1 unspecified atom stereocenters. The number of amides is 1. The Hall–Kier alpha value is -1.43. The van der Waals surface area contributed by atoms with Crippen LogP contribution >= 0.6 is 0 Å². The van der Waals surface area contributed by atoms with Crippen LogP contribution in [0.1, 0.15) is 19.8 Å². The number of ketones is 1. The molecule has 6 heteroatoms. The number of aliphatic carboxylic acids is 1. The highest BCUT2D eigenvalue weighted by molar-refractivity contribution is 6.35. The van der Waals surface area contributed by atoms with Crippen molar-refractivity contribution in [2.24, 2.45) is 5.73 Å². The maximum atomic E-state index is 10.7. The zero-order valence-corrected chi connectivity index (χ0v) is 7.95. The quantitative estimate of drug-likeness (QED) is 0.373. The van der Waals surface area contributed by atoms with E-state index < -0.39 is 23.7 Å². The Bertz CT molecular complexity index is 239. The Balaban J connectivity index is 3.52. The molecule has 0 bridgehead atoms. The lowest BCUT2D eigenvalue weighted by Crippen LogP contribution is -2.33. The maximum absolute atomic E-state index is 10.7. The number of Topliss-reactive ketones (excluding diaryl/α,β-unsaturated/α-hetero) is 1. The second kappa shape index (κ2) is 6.09. The van der Waals surface area contributed by atoms with Gasteiger partial charge in [0.15, 0.2) is 0 Å². The lowest BCUT2D eigenvalue weighted by molar-refractivity contribution is -0.138. The molecule has 14 heavy (non-hydrogen) atoms. The van der Waals surface area contributed by atoms with Gasteiger partial charge >= 0.3 is 5.97 Å². The van der Waals surface area contributed by atoms with Crippen molar-refractivity contribution in [1.82, 2.24) is 5.32 Å². The van der Waals surface area contributed by atoms with Gasteiger partial charge in [-0.05, 0) is 12.8 Å². The first-order valence-corrected chi connectivity index (χ1v) is 4.22. The third kappa shape index (κ3) is 5.26. The van der Waals surface area contributed by atoms with Crippen molar-refractivity contribution >= 4 is 17.7 Å². The molecule has 0 radical (unpaired) electrons. The van der Waals surface area contributed by atoms with Crippen molar-refractivity contribution in [3.05, 3.63) is 0 Å². The van der Waals surface area contributed by atoms with Crippen LogP contribution in [0.2, 0.25) is 0 Å². The van der Waals surface area contributed by atoms with Gasteiger partial charge < -0.3 is 16.2 Å². The Labute approximate surface area is 81.5 Å². The fourth-order valence-electron chi connectivity index (χ4n) is 0.772. The van der Waals surface area contributed by atoms with Gasteiger partial charge in [0.1, 0.15) is 6.04 Å². The van der Waals surface area contributed by atoms with Gasteiger partial charge in [0.05, 0.1) is 0 Å². The van der Waals surface area contributed by atoms with Gasteiger partial charge in [0.2, 0.25) is 5.78 Å². The lowest BCUT2D eigenvalue weighted by atomic mass is 10.2. The summed E-state index contributed by atoms with van der Waals surface area (Å²) in [7, 11) is 0. The molecule has 0 aliphatic carbocycles. The summed E-state index contributed by atoms with van der Waals surface area (Å²) in [6, 6.07) is -0.913. The number of hydrogen-bond donors (Lipinski definition) is 3. The van der Waals surface area contributed by atoms with E-state index in [1.807, 2.05) is 0 Å². The second-order valence-corrected chi connectivity index (χ2v) is 2.90. The average Bonchev–Trinajstić information content (AvgIpc) is 2.11. The zero-order chi connectivity index (χ0) is 11.1. The summed E-state index contributed by atoms with van der Waals surface area (Å²) in [5, 5.41) is 10.8. The minimum absolute atomic E-state index is 0.263. The van der Waals surface area contributed by atoms with Crippen molar-refractivity contribution in [2.75, 3.05) is 6.54 Å². The maximum Gasteiger partial charge on any atom is 0.320 e. The van der Waals surface area contributed by atoms with E-state index in [4.69, 9.17) is 10.8 Å². The van der Waals surface area contributed by atoms with E-state index in [0.29, 0.717) is 6.42 Å². The molecule has 4 N–H and O–H groups in total. The molecule has 0 fully saturated rings. The molecular formula is C8H14N2O4. The molecule has 0 saturated heterocycles. The minimum atomic E-state index is -1.07. The predicted molar refractivity (Wildman–Crippen MR) is 48.5 cm³/mol. The van der Waals surface area contributed by atoms with E-state index >= 15 is 0 Å². The number of carboxylic acid groups (broad SMARTS) is 1. The summed E-state index contributed by atoms with van der Waals surface area (Å²) in [6.45, 7) is 1.43. The van der Waals surface area contributed by atoms with Crippen LogP contribution in [0, 0.1) is 0 Å². The van der Waals surface area contributed by atoms with E-state index in [0.717, 1.165) is 6.92 Å². The standard InChI is InChI=1S/C8H14N2O4/c1-5(11)7(12)10-4-2-3-6(9)8(13)14/h6H,2-4,9H2,1H3,(H,10,12)(H,13,14). The van der Waals surface area contributed by atoms with E-state index in [9.17, 15) is 14.4 Å². The molecule has 0 aliphatic heterocycles. The van der Waals surface area contributed by atoms with Gasteiger partial charge in [-0.2, -0.15) is 0 Å². The highest BCUT2D eigenvalue weighted by atomic mass is 16.4. The monoisotopic (exact) mass is 202 g/mol. The largest absolute Gasteiger partial charge is 0.480 e. The number of rotatable bonds is 6. The molecule has 1 amide bonds. The molecule has 0 aromatic rings. The van der Waals surface area contributed by atoms with Gasteiger partial charge in [0, 0.05) is 13.5 Å². The highest BCUT2D eigenvalue weighted by Crippen LogP contribution is 1.92. The second-order valence-electron chi connectivity index (χ2n) is 2.90. The topological polar surface area (TPSA) is 109 Å². The van der Waals surface area contributed by atoms with Gasteiger partial charge in [-0.25, -0.2) is 0 Å². The molecule has 0 spiro atoms. The Kier molecular flexibility index (Phi) is 5.47. The first kappa shape index (κ1) is 12.6. The van der Waals surface area contributed by atoms with Crippen molar-refractivity contribution in [3.8, 4) is 0 Å². The predicted octanol–water partition coefficient (Wildman–Crippen LogP) is -1.12. The summed E-state index contributed by atoms with van der Waals surface area (Å²) in [5.74, 6) is -2.29. The molecule has 0 heterocycles. The zero-order valence-electron chi connectivity index (χ0n) is 7.95. The van der Waals surface area contributed by atoms with Crippen molar-refractivity contribution in [3.63, 3.8) is 0 Å². The van der Waals surface area contributed by atoms with Gasteiger partial charge in [-0.3, -0.25) is 14.4 Å². The van der Waals surface area contributed by atoms with Gasteiger partial charge in [-0.1, -0.05) is 0 Å². The summed E-state index contributed by atoms with van der Waals surface area (Å²) in [4.78, 5) is 31.4. The van der Waals surface area contributed by atoms with Crippen LogP contribution in [0.25, 0.3) is 0 Å². The summed E-state index contributed by atoms with van der Waals surface area (Å²) >= 11 is 0. The first-order chi connectivity index (χ1) is 6.45. The fourth-order valence-corrected chi connectivity index (χ4v) is 0.772. The molecule has 0 saturated carbocycles. The van der Waals surface area contributed by atoms with E-state index in [1.54, 1.807) is 0 Å². The van der Waals surface area contributed by atoms with Crippen LogP contribution in [0.15, 0.2) is 0 Å². The number of nitrogens with one attached hydrogen (secondary N) is 1. The minimum Gasteiger partial charge on any atom is -0.480 e. The Morgan fingerprint density at radius 2 is 2.00 bits per heavy atom. The molecule has 6 nitrogen and oxygen atoms in total. The lowest BCUT2D eigenvalue weighted by Gasteiger charge is -2.06. The van der Waals surface area contributed by atoms with Crippen LogP contribution in [-0.4, -0.2) is 35.4 Å². The summed E-state index contributed by atoms with van der Waals surface area (Å²) < 4.78 is 0. The molecule has 1 atom stereocenters. The first-order valence-electron chi connectivity index (χ1n) is 4.22. The fraction of sp³-hybridized carbons (Fsp3) is 0.625. The van der Waals surface area contributed by atoms with Crippen molar-refractivity contribution in [2.45, 2.75) is 25.8 Å². The molecule has 80 valence electrons. The normalized spacial score (nSPS) is 11.9. The third-order valence-electron chi connectivity index (χ3n) is 1.61. The molecule has 0 aromatic heterocycles. The highest BCUT2D eigenvalue weighted by Gasteiger charge is 2.11. The van der Waals surface area contributed by atoms with Crippen molar-refractivity contribution < 1.29 is 19.5 Å². The number of hydrogen-bond acceptors (Lipinski definition) is 4. The van der Waals surface area contributed by atoms with Crippen LogP contribution < -0.4 is 11.1 Å². The van der Waals surface area contributed by atoms with Crippen LogP contribution in [-0.2, 0) is 14.4 Å². The Morgan fingerprint density at radius 1 is 1.43 bits per heavy atom. The molecule has 0 aliphatic rings. The average molecular weight is 202 g/mol. The summed E-state index contributed by atoms with van der Waals surface area (Å²) in [6.07, 6.45) is 0.708. The third-order valence-corrected chi connectivity index (χ3v) is 1.61. The molecule has 0 aromatic carbocycles. The van der Waals surface area contributed by atoms with Gasteiger partial charge in [-0.15, -0.1) is 0 Å². The number of carbonyl (C=O) groups is 3. The van der Waals surface area contributed by atoms with Crippen LogP contribution in [0.5, 0.6) is 0 Å². The van der Waals surface area contributed by atoms with Crippen LogP contribution in [0.4, 0.5) is 0 Å². The van der Waals surface area contributed by atoms with E-state index in [2.05, 4.69) is 5.32 Å². The van der Waals surface area contributed by atoms with E-state index in [-0.39, 0.29) is 13.0 Å². The number of carboxylic acids is 1. The van der Waals surface area contributed by atoms with Crippen LogP contribution in [0.3, 0.4) is 0 Å². The summed E-state index contributed by atoms with van der Waals surface area (Å²) in [5.41, 5.74) is 5.21. The van der Waals surface area contributed by atoms with E-state index in [1.165, 1.54) is 0 Å². The number of nitrogens with two attached hydrogens (primary N) is 1. The Morgan fingerprint density at radius 3 is 2.43 bits per heavy atom. The smallest absolute Gasteiger partial charge is 0.320 e. The molecular weight excluding hydrogens is 188 g/mol. The number of carbonyl (C=O) groups excluding carboxylic acids is 2. The SMILES string of the molecule is CC(=O)C(=O)NCCCC(N)C(=O)O.